The topological polar surface area (TPSA) is 107 Å². The van der Waals surface area contributed by atoms with E-state index in [0.29, 0.717) is 42.8 Å². The van der Waals surface area contributed by atoms with Gasteiger partial charge in [-0.25, -0.2) is 8.42 Å². The Morgan fingerprint density at radius 2 is 1.73 bits per heavy atom. The highest BCUT2D eigenvalue weighted by Gasteiger charge is 2.55. The number of ketones is 1. The molecule has 6 rings (SSSR count). The Balaban J connectivity index is 1.25. The van der Waals surface area contributed by atoms with Crippen molar-refractivity contribution in [3.63, 3.8) is 0 Å². The molecule has 33 heavy (non-hydrogen) atoms. The van der Waals surface area contributed by atoms with E-state index in [1.54, 1.807) is 20.8 Å². The van der Waals surface area contributed by atoms with Gasteiger partial charge in [-0.1, -0.05) is 5.16 Å². The van der Waals surface area contributed by atoms with Crippen LogP contribution in [0.5, 0.6) is 0 Å². The molecule has 0 aromatic carbocycles. The molecular weight excluding hydrogens is 444 g/mol. The molecule has 5 aliphatic rings. The minimum atomic E-state index is -3.82. The summed E-state index contributed by atoms with van der Waals surface area (Å²) in [7, 11) is -3.82. The molecule has 4 saturated carbocycles. The fourth-order valence-electron chi connectivity index (χ4n) is 7.49. The van der Waals surface area contributed by atoms with Crippen LogP contribution in [0.3, 0.4) is 0 Å². The SMILES string of the molecule is Cc1noc(C)c1S(=O)(=O)N1CCC[C@H](C(=O)O[C@H](C)C(=O)C23CC4CC(CC(C4)C2)C3)C1. The maximum atomic E-state index is 13.5. The summed E-state index contributed by atoms with van der Waals surface area (Å²) >= 11 is 0. The lowest BCUT2D eigenvalue weighted by molar-refractivity contribution is -0.168. The van der Waals surface area contributed by atoms with Gasteiger partial charge in [0.15, 0.2) is 17.6 Å². The van der Waals surface area contributed by atoms with Crippen molar-refractivity contribution in [2.75, 3.05) is 13.1 Å². The summed E-state index contributed by atoms with van der Waals surface area (Å²) in [6, 6.07) is 0. The molecule has 0 unspecified atom stereocenters. The van der Waals surface area contributed by atoms with E-state index in [1.165, 1.54) is 23.6 Å². The Morgan fingerprint density at radius 3 is 2.27 bits per heavy atom. The molecular formula is C24H34N2O6S. The number of hydrogen-bond donors (Lipinski definition) is 0. The fraction of sp³-hybridized carbons (Fsp3) is 0.792. The minimum absolute atomic E-state index is 0.0451. The molecule has 0 amide bonds. The predicted octanol–water partition coefficient (Wildman–Crippen LogP) is 3.41. The van der Waals surface area contributed by atoms with Crippen molar-refractivity contribution in [2.45, 2.75) is 83.1 Å². The van der Waals surface area contributed by atoms with E-state index >= 15 is 0 Å². The second-order valence-electron chi connectivity index (χ2n) is 11.0. The number of aromatic nitrogens is 1. The largest absolute Gasteiger partial charge is 0.454 e. The molecule has 182 valence electrons. The Morgan fingerprint density at radius 1 is 1.12 bits per heavy atom. The number of carbonyl (C=O) groups is 2. The second kappa shape index (κ2) is 8.18. The van der Waals surface area contributed by atoms with Gasteiger partial charge in [-0.3, -0.25) is 9.59 Å². The quantitative estimate of drug-likeness (QED) is 0.577. The summed E-state index contributed by atoms with van der Waals surface area (Å²) in [5, 5.41) is 3.76. The van der Waals surface area contributed by atoms with Crippen LogP contribution >= 0.6 is 0 Å². The van der Waals surface area contributed by atoms with Crippen molar-refractivity contribution in [2.24, 2.45) is 29.1 Å². The van der Waals surface area contributed by atoms with Crippen LogP contribution in [0.4, 0.5) is 0 Å². The molecule has 8 nitrogen and oxygen atoms in total. The number of carbonyl (C=O) groups excluding carboxylic acids is 2. The number of ether oxygens (including phenoxy) is 1. The Bertz CT molecular complexity index is 1010. The van der Waals surface area contributed by atoms with Gasteiger partial charge in [-0.2, -0.15) is 4.31 Å². The molecule has 2 atom stereocenters. The highest BCUT2D eigenvalue weighted by atomic mass is 32.2. The third-order valence-corrected chi connectivity index (χ3v) is 10.6. The van der Waals surface area contributed by atoms with Crippen LogP contribution in [-0.2, 0) is 24.3 Å². The first kappa shape index (κ1) is 23.0. The highest BCUT2D eigenvalue weighted by Crippen LogP contribution is 2.60. The van der Waals surface area contributed by atoms with Gasteiger partial charge in [0.05, 0.1) is 5.92 Å². The molecule has 4 bridgehead atoms. The van der Waals surface area contributed by atoms with E-state index in [-0.39, 0.29) is 28.4 Å². The zero-order valence-electron chi connectivity index (χ0n) is 19.7. The normalized spacial score (nSPS) is 34.9. The van der Waals surface area contributed by atoms with Gasteiger partial charge in [0.1, 0.15) is 10.6 Å². The Kier molecular flexibility index (Phi) is 5.71. The lowest BCUT2D eigenvalue weighted by Gasteiger charge is -2.56. The van der Waals surface area contributed by atoms with Crippen LogP contribution in [0.25, 0.3) is 0 Å². The average molecular weight is 479 g/mol. The number of esters is 1. The third-order valence-electron chi connectivity index (χ3n) is 8.51. The van der Waals surface area contributed by atoms with Gasteiger partial charge in [-0.15, -0.1) is 0 Å². The number of Topliss-reactive ketones (excluding diaryl/α,β-unsaturated/α-hetero) is 1. The summed E-state index contributed by atoms with van der Waals surface area (Å²) in [4.78, 5) is 26.5. The molecule has 0 spiro atoms. The molecule has 5 fully saturated rings. The molecule has 1 aromatic rings. The van der Waals surface area contributed by atoms with Crippen molar-refractivity contribution in [3.8, 4) is 0 Å². The third kappa shape index (κ3) is 3.95. The van der Waals surface area contributed by atoms with Crippen molar-refractivity contribution in [1.29, 1.82) is 0 Å². The lowest BCUT2D eigenvalue weighted by Crippen LogP contribution is -2.53. The van der Waals surface area contributed by atoms with Gasteiger partial charge in [0.25, 0.3) is 0 Å². The zero-order valence-corrected chi connectivity index (χ0v) is 20.5. The average Bonchev–Trinajstić information content (AvgIpc) is 3.11. The molecule has 1 aromatic heterocycles. The highest BCUT2D eigenvalue weighted by molar-refractivity contribution is 7.89. The van der Waals surface area contributed by atoms with E-state index in [4.69, 9.17) is 9.26 Å². The van der Waals surface area contributed by atoms with Gasteiger partial charge >= 0.3 is 5.97 Å². The van der Waals surface area contributed by atoms with Crippen molar-refractivity contribution in [3.05, 3.63) is 11.5 Å². The van der Waals surface area contributed by atoms with E-state index < -0.39 is 28.0 Å². The van der Waals surface area contributed by atoms with Crippen LogP contribution in [0, 0.1) is 42.9 Å². The summed E-state index contributed by atoms with van der Waals surface area (Å²) in [6.45, 7) is 5.23. The number of hydrogen-bond acceptors (Lipinski definition) is 7. The predicted molar refractivity (Wildman–Crippen MR) is 119 cm³/mol. The van der Waals surface area contributed by atoms with Crippen LogP contribution in [0.2, 0.25) is 0 Å². The number of aryl methyl sites for hydroxylation is 2. The first-order valence-electron chi connectivity index (χ1n) is 12.3. The number of sulfonamides is 1. The molecule has 1 aliphatic heterocycles. The molecule has 4 aliphatic carbocycles. The first-order valence-corrected chi connectivity index (χ1v) is 13.7. The standard InChI is InChI=1S/C24H34N2O6S/c1-14-21(15(2)32-25-14)33(29,30)26-6-4-5-20(13-26)23(28)31-16(3)22(27)24-10-17-7-18(11-24)9-19(8-17)12-24/h16-20H,4-13H2,1-3H3/t16-,17?,18?,19?,20+,24?/m1/s1. The van der Waals surface area contributed by atoms with Crippen molar-refractivity contribution >= 4 is 21.8 Å². The Labute approximate surface area is 195 Å². The van der Waals surface area contributed by atoms with Crippen LogP contribution in [0.1, 0.15) is 69.7 Å². The summed E-state index contributed by atoms with van der Waals surface area (Å²) in [6.07, 6.45) is 6.87. The van der Waals surface area contributed by atoms with Crippen LogP contribution < -0.4 is 0 Å². The Hall–Kier alpha value is -1.74. The lowest BCUT2D eigenvalue weighted by atomic mass is 9.48. The number of rotatable bonds is 6. The van der Waals surface area contributed by atoms with E-state index in [0.717, 1.165) is 19.3 Å². The second-order valence-corrected chi connectivity index (χ2v) is 12.9. The molecule has 9 heteroatoms. The molecule has 0 N–H and O–H groups in total. The number of piperidine rings is 1. The molecule has 2 heterocycles. The van der Waals surface area contributed by atoms with Gasteiger partial charge in [-0.05, 0) is 89.9 Å². The number of nitrogens with zero attached hydrogens (tertiary/aromatic N) is 2. The maximum absolute atomic E-state index is 13.5. The summed E-state index contributed by atoms with van der Waals surface area (Å²) < 4.78 is 38.4. The minimum Gasteiger partial charge on any atom is -0.454 e. The van der Waals surface area contributed by atoms with E-state index in [2.05, 4.69) is 5.16 Å². The van der Waals surface area contributed by atoms with Crippen LogP contribution in [0.15, 0.2) is 9.42 Å². The molecule has 0 radical (unpaired) electrons. The van der Waals surface area contributed by atoms with Gasteiger partial charge < -0.3 is 9.26 Å². The van der Waals surface area contributed by atoms with Gasteiger partial charge in [0.2, 0.25) is 10.0 Å². The summed E-state index contributed by atoms with van der Waals surface area (Å²) in [5.74, 6) is 1.19. The fourth-order valence-corrected chi connectivity index (χ4v) is 9.31. The van der Waals surface area contributed by atoms with E-state index in [9.17, 15) is 18.0 Å². The monoisotopic (exact) mass is 478 g/mol. The van der Waals surface area contributed by atoms with Gasteiger partial charge in [0, 0.05) is 18.5 Å². The van der Waals surface area contributed by atoms with Crippen molar-refractivity contribution in [1.82, 2.24) is 9.46 Å². The zero-order chi connectivity index (χ0) is 23.5. The smallest absolute Gasteiger partial charge is 0.310 e. The first-order chi connectivity index (χ1) is 15.6. The molecule has 1 saturated heterocycles. The van der Waals surface area contributed by atoms with Crippen LogP contribution in [-0.4, -0.2) is 48.8 Å². The maximum Gasteiger partial charge on any atom is 0.310 e. The summed E-state index contributed by atoms with van der Waals surface area (Å²) in [5.41, 5.74) is -0.00769. The van der Waals surface area contributed by atoms with E-state index in [1.807, 2.05) is 0 Å². The van der Waals surface area contributed by atoms with Crippen molar-refractivity contribution < 1.29 is 27.3 Å².